The number of nitrogens with one attached hydrogen (secondary N) is 1. The van der Waals surface area contributed by atoms with E-state index in [2.05, 4.69) is 10.3 Å². The summed E-state index contributed by atoms with van der Waals surface area (Å²) in [5.41, 5.74) is 1.20. The Hall–Kier alpha value is -3.05. The lowest BCUT2D eigenvalue weighted by atomic mass is 10.1. The number of hydrogen-bond acceptors (Lipinski definition) is 7. The summed E-state index contributed by atoms with van der Waals surface area (Å²) < 4.78 is 35.4. The number of methoxy groups -OCH3 is 1. The van der Waals surface area contributed by atoms with Crippen molar-refractivity contribution >= 4 is 38.8 Å². The fourth-order valence-corrected chi connectivity index (χ4v) is 8.59. The number of amides is 2. The summed E-state index contributed by atoms with van der Waals surface area (Å²) in [4.78, 5) is 32.5. The Morgan fingerprint density at radius 1 is 1.08 bits per heavy atom. The van der Waals surface area contributed by atoms with Crippen LogP contribution in [-0.4, -0.2) is 78.6 Å². The molecule has 11 heteroatoms. The van der Waals surface area contributed by atoms with E-state index in [1.807, 2.05) is 59.5 Å². The second kappa shape index (κ2) is 12.0. The van der Waals surface area contributed by atoms with Crippen molar-refractivity contribution in [1.29, 1.82) is 0 Å². The molecule has 0 radical (unpaired) electrons. The maximum absolute atomic E-state index is 13.5. The first-order chi connectivity index (χ1) is 18.4. The average Bonchev–Trinajstić information content (AvgIpc) is 3.32. The largest absolute Gasteiger partial charge is 0.497 e. The van der Waals surface area contributed by atoms with E-state index in [4.69, 9.17) is 9.47 Å². The zero-order valence-electron chi connectivity index (χ0n) is 22.6. The van der Waals surface area contributed by atoms with Crippen molar-refractivity contribution in [2.75, 3.05) is 25.2 Å². The zero-order valence-corrected chi connectivity index (χ0v) is 24.3. The van der Waals surface area contributed by atoms with Crippen LogP contribution < -0.4 is 10.1 Å². The van der Waals surface area contributed by atoms with Gasteiger partial charge in [0.25, 0.3) is 5.91 Å². The lowest BCUT2D eigenvalue weighted by Gasteiger charge is -2.25. The number of sulfone groups is 1. The maximum atomic E-state index is 13.5. The van der Waals surface area contributed by atoms with E-state index in [0.717, 1.165) is 16.9 Å². The number of benzene rings is 2. The van der Waals surface area contributed by atoms with E-state index in [9.17, 15) is 18.0 Å². The van der Waals surface area contributed by atoms with Gasteiger partial charge in [-0.2, -0.15) is 4.99 Å². The summed E-state index contributed by atoms with van der Waals surface area (Å²) in [6.45, 7) is 5.77. The molecule has 2 amide bonds. The molecule has 39 heavy (non-hydrogen) atoms. The smallest absolute Gasteiger partial charge is 0.408 e. The van der Waals surface area contributed by atoms with Crippen molar-refractivity contribution in [3.8, 4) is 5.75 Å². The molecule has 0 aromatic heterocycles. The van der Waals surface area contributed by atoms with Crippen LogP contribution >= 0.6 is 11.8 Å². The molecule has 0 bridgehead atoms. The first-order valence-electron chi connectivity index (χ1n) is 12.8. The Bertz CT molecular complexity index is 1310. The van der Waals surface area contributed by atoms with Gasteiger partial charge >= 0.3 is 6.09 Å². The summed E-state index contributed by atoms with van der Waals surface area (Å²) in [5, 5.41) is 2.99. The third kappa shape index (κ3) is 7.98. The number of nitrogens with zero attached hydrogens (tertiary/aromatic N) is 2. The first-order valence-corrected chi connectivity index (χ1v) is 15.6. The minimum Gasteiger partial charge on any atom is -0.497 e. The number of hydrogen-bond donors (Lipinski definition) is 1. The Kier molecular flexibility index (Phi) is 8.90. The summed E-state index contributed by atoms with van der Waals surface area (Å²) >= 11 is 1.33. The maximum Gasteiger partial charge on any atom is 0.408 e. The van der Waals surface area contributed by atoms with Gasteiger partial charge in [-0.25, -0.2) is 13.2 Å². The molecule has 0 unspecified atom stereocenters. The predicted molar refractivity (Wildman–Crippen MR) is 153 cm³/mol. The van der Waals surface area contributed by atoms with Gasteiger partial charge in [0.05, 0.1) is 24.7 Å². The summed E-state index contributed by atoms with van der Waals surface area (Å²) in [6.07, 6.45) is 0.188. The van der Waals surface area contributed by atoms with E-state index in [1.54, 1.807) is 27.9 Å². The molecule has 1 N–H and O–H groups in total. The average molecular weight is 574 g/mol. The molecule has 2 aromatic rings. The highest BCUT2D eigenvalue weighted by Crippen LogP contribution is 2.38. The van der Waals surface area contributed by atoms with E-state index < -0.39 is 33.5 Å². The number of amidine groups is 1. The van der Waals surface area contributed by atoms with Crippen LogP contribution in [0.5, 0.6) is 5.75 Å². The summed E-state index contributed by atoms with van der Waals surface area (Å²) in [6, 6.07) is 15.9. The molecule has 4 rings (SSSR count). The van der Waals surface area contributed by atoms with Crippen molar-refractivity contribution in [3.63, 3.8) is 0 Å². The standard InChI is InChI=1S/C28H35N3O6S2/c1-28(2,3)37-27(33)29-22(16-20-8-6-5-7-9-20)25(32)30-26-31(23-17-39(34,35)18-24(23)38-26)15-14-19-10-12-21(36-4)13-11-19/h5-13,22-24H,14-18H2,1-4H3,(H,29,33)/t22-,23+,24+/m0/s1. The topological polar surface area (TPSA) is 114 Å². The van der Waals surface area contributed by atoms with Gasteiger partial charge in [-0.05, 0) is 50.5 Å². The molecule has 3 atom stereocenters. The zero-order chi connectivity index (χ0) is 28.2. The van der Waals surface area contributed by atoms with Gasteiger partial charge in [-0.1, -0.05) is 54.2 Å². The van der Waals surface area contributed by atoms with E-state index in [0.29, 0.717) is 18.1 Å². The molecule has 2 aliphatic heterocycles. The minimum atomic E-state index is -3.17. The highest BCUT2D eigenvalue weighted by atomic mass is 32.2. The molecule has 2 aliphatic rings. The van der Waals surface area contributed by atoms with Crippen LogP contribution in [0.3, 0.4) is 0 Å². The van der Waals surface area contributed by atoms with Crippen molar-refractivity contribution < 1.29 is 27.5 Å². The SMILES string of the molecule is COc1ccc(CCN2C(=NC(=O)[C@H](Cc3ccccc3)NC(=O)OC(C)(C)C)S[C@@H]3CS(=O)(=O)C[C@H]32)cc1. The van der Waals surface area contributed by atoms with Crippen LogP contribution in [0, 0.1) is 0 Å². The molecular formula is C28H35N3O6S2. The van der Waals surface area contributed by atoms with Crippen molar-refractivity contribution in [2.24, 2.45) is 4.99 Å². The number of thioether (sulfide) groups is 1. The van der Waals surface area contributed by atoms with Gasteiger partial charge in [-0.15, -0.1) is 0 Å². The lowest BCUT2D eigenvalue weighted by Crippen LogP contribution is -2.45. The minimum absolute atomic E-state index is 0.0318. The molecule has 2 saturated heterocycles. The third-order valence-corrected chi connectivity index (χ3v) is 9.70. The number of carbonyl (C=O) groups excluding carboxylic acids is 2. The third-order valence-electron chi connectivity index (χ3n) is 6.45. The molecule has 210 valence electrons. The van der Waals surface area contributed by atoms with Crippen LogP contribution in [0.4, 0.5) is 4.79 Å². The fourth-order valence-electron chi connectivity index (χ4n) is 4.61. The number of aliphatic imine (C=N–C) groups is 1. The number of rotatable bonds is 8. The van der Waals surface area contributed by atoms with E-state index in [-0.39, 0.29) is 29.2 Å². The van der Waals surface area contributed by atoms with Gasteiger partial charge in [-0.3, -0.25) is 4.79 Å². The van der Waals surface area contributed by atoms with Gasteiger partial charge in [0.1, 0.15) is 17.4 Å². The molecule has 2 heterocycles. The lowest BCUT2D eigenvalue weighted by molar-refractivity contribution is -0.119. The fraction of sp³-hybridized carbons (Fsp3) is 0.464. The van der Waals surface area contributed by atoms with Crippen LogP contribution in [0.1, 0.15) is 31.9 Å². The molecule has 9 nitrogen and oxygen atoms in total. The number of fused-ring (bicyclic) bond motifs is 1. The Morgan fingerprint density at radius 2 is 1.77 bits per heavy atom. The second-order valence-corrected chi connectivity index (χ2v) is 14.1. The normalized spacial score (nSPS) is 21.8. The van der Waals surface area contributed by atoms with Gasteiger partial charge in [0.15, 0.2) is 15.0 Å². The van der Waals surface area contributed by atoms with Crippen LogP contribution in [-0.2, 0) is 32.2 Å². The van der Waals surface area contributed by atoms with Gasteiger partial charge in [0, 0.05) is 18.2 Å². The van der Waals surface area contributed by atoms with E-state index >= 15 is 0 Å². The number of alkyl carbamates (subject to hydrolysis) is 1. The molecule has 0 spiro atoms. The molecular weight excluding hydrogens is 538 g/mol. The van der Waals surface area contributed by atoms with Crippen molar-refractivity contribution in [1.82, 2.24) is 10.2 Å². The highest BCUT2D eigenvalue weighted by Gasteiger charge is 2.48. The summed E-state index contributed by atoms with van der Waals surface area (Å²) in [5.74, 6) is 0.333. The Labute approximate surface area is 234 Å². The van der Waals surface area contributed by atoms with Crippen molar-refractivity contribution in [2.45, 2.75) is 56.5 Å². The predicted octanol–water partition coefficient (Wildman–Crippen LogP) is 3.47. The number of ether oxygens (including phenoxy) is 2. The van der Waals surface area contributed by atoms with Gasteiger partial charge in [0.2, 0.25) is 0 Å². The van der Waals surface area contributed by atoms with Crippen LogP contribution in [0.25, 0.3) is 0 Å². The van der Waals surface area contributed by atoms with E-state index in [1.165, 1.54) is 11.8 Å². The Morgan fingerprint density at radius 3 is 2.41 bits per heavy atom. The number of carbonyl (C=O) groups is 2. The molecule has 2 aromatic carbocycles. The first kappa shape index (κ1) is 28.9. The molecule has 0 saturated carbocycles. The molecule has 0 aliphatic carbocycles. The Balaban J connectivity index is 1.56. The monoisotopic (exact) mass is 573 g/mol. The molecule has 2 fully saturated rings. The van der Waals surface area contributed by atoms with Crippen molar-refractivity contribution in [3.05, 3.63) is 65.7 Å². The summed E-state index contributed by atoms with van der Waals surface area (Å²) in [7, 11) is -1.55. The second-order valence-electron chi connectivity index (χ2n) is 10.7. The quantitative estimate of drug-likeness (QED) is 0.511. The van der Waals surface area contributed by atoms with Crippen LogP contribution in [0.2, 0.25) is 0 Å². The van der Waals surface area contributed by atoms with Gasteiger partial charge < -0.3 is 19.7 Å². The highest BCUT2D eigenvalue weighted by molar-refractivity contribution is 8.15. The van der Waals surface area contributed by atoms with Crippen LogP contribution in [0.15, 0.2) is 59.6 Å².